The predicted octanol–water partition coefficient (Wildman–Crippen LogP) is 2.45. The lowest BCUT2D eigenvalue weighted by molar-refractivity contribution is 0.103. The Morgan fingerprint density at radius 2 is 1.92 bits per heavy atom. The van der Waals surface area contributed by atoms with E-state index in [0.717, 1.165) is 16.7 Å². The van der Waals surface area contributed by atoms with E-state index in [1.54, 1.807) is 12.1 Å². The molecule has 1 N–H and O–H groups in total. The monoisotopic (exact) mass is 339 g/mol. The zero-order valence-corrected chi connectivity index (χ0v) is 14.5. The maximum atomic E-state index is 12.2. The number of aryl methyl sites for hydroxylation is 3. The summed E-state index contributed by atoms with van der Waals surface area (Å²) < 4.78 is 6.15. The topological polar surface area (TPSA) is 63.1 Å². The van der Waals surface area contributed by atoms with Gasteiger partial charge in [0.2, 0.25) is 5.78 Å². The number of Topliss-reactive ketones (excluding diaryl/α,β-unsaturated/α-hetero) is 1. The predicted molar refractivity (Wildman–Crippen MR) is 95.9 cm³/mol. The molecule has 3 rings (SSSR count). The van der Waals surface area contributed by atoms with Gasteiger partial charge in [-0.15, -0.1) is 11.3 Å². The summed E-state index contributed by atoms with van der Waals surface area (Å²) in [4.78, 5) is 26.9. The second kappa shape index (κ2) is 6.45. The van der Waals surface area contributed by atoms with Gasteiger partial charge in [-0.3, -0.25) is 9.59 Å². The van der Waals surface area contributed by atoms with E-state index in [4.69, 9.17) is 4.42 Å². The van der Waals surface area contributed by atoms with Crippen molar-refractivity contribution in [2.45, 2.75) is 20.8 Å². The lowest BCUT2D eigenvalue weighted by atomic mass is 10.00. The molecular weight excluding hydrogens is 322 g/mol. The Morgan fingerprint density at radius 1 is 1.21 bits per heavy atom. The average Bonchev–Trinajstić information content (AvgIpc) is 3.13. The Kier molecular flexibility index (Phi) is 4.36. The van der Waals surface area contributed by atoms with Crippen molar-refractivity contribution in [3.05, 3.63) is 78.1 Å². The quantitative estimate of drug-likeness (QED) is 0.746. The molecule has 122 valence electrons. The summed E-state index contributed by atoms with van der Waals surface area (Å²) in [6.45, 7) is 6.11. The van der Waals surface area contributed by atoms with Gasteiger partial charge in [-0.25, -0.2) is 0 Å². The van der Waals surface area contributed by atoms with Gasteiger partial charge in [0.1, 0.15) is 0 Å². The second-order valence-electron chi connectivity index (χ2n) is 5.73. The van der Waals surface area contributed by atoms with Crippen LogP contribution in [0.25, 0.3) is 12.2 Å². The van der Waals surface area contributed by atoms with E-state index in [9.17, 15) is 9.59 Å². The Morgan fingerprint density at radius 3 is 2.54 bits per heavy atom. The zero-order chi connectivity index (χ0) is 17.3. The highest BCUT2D eigenvalue weighted by Gasteiger charge is 2.06. The summed E-state index contributed by atoms with van der Waals surface area (Å²) in [5, 5.41) is 0. The molecular formula is C19H17NO3S. The number of rotatable bonds is 3. The fourth-order valence-corrected chi connectivity index (χ4v) is 3.55. The fraction of sp³-hybridized carbons (Fsp3) is 0.158. The van der Waals surface area contributed by atoms with Gasteiger partial charge < -0.3 is 9.40 Å². The number of hydrogen-bond donors (Lipinski definition) is 1. The van der Waals surface area contributed by atoms with Crippen LogP contribution in [0.3, 0.4) is 0 Å². The Bertz CT molecular complexity index is 1050. The number of furan rings is 1. The Labute approximate surface area is 142 Å². The number of nitrogens with one attached hydrogen (secondary N) is 1. The highest BCUT2D eigenvalue weighted by Crippen LogP contribution is 2.16. The van der Waals surface area contributed by atoms with Gasteiger partial charge in [0.15, 0.2) is 5.76 Å². The number of H-pyrrole nitrogens is 1. The first-order chi connectivity index (χ1) is 11.4. The van der Waals surface area contributed by atoms with Crippen LogP contribution in [0.5, 0.6) is 0 Å². The highest BCUT2D eigenvalue weighted by molar-refractivity contribution is 7.07. The molecule has 3 aromatic rings. The average molecular weight is 339 g/mol. The molecule has 0 unspecified atom stereocenters. The van der Waals surface area contributed by atoms with E-state index in [-0.39, 0.29) is 17.1 Å². The van der Waals surface area contributed by atoms with Gasteiger partial charge in [0.05, 0.1) is 15.5 Å². The number of aromatic nitrogens is 1. The van der Waals surface area contributed by atoms with Crippen LogP contribution in [0, 0.1) is 20.8 Å². The number of benzene rings is 1. The van der Waals surface area contributed by atoms with Gasteiger partial charge in [-0.1, -0.05) is 17.7 Å². The SMILES string of the molecule is Cc1cc(C)c(/C=c2\s/c(=C\C(=O)c3ccco3)[nH]c2=O)c(C)c1. The van der Waals surface area contributed by atoms with Crippen molar-refractivity contribution in [2.75, 3.05) is 0 Å². The molecule has 0 saturated carbocycles. The number of hydrogen-bond acceptors (Lipinski definition) is 4. The number of ketones is 1. The van der Waals surface area contributed by atoms with E-state index < -0.39 is 0 Å². The normalized spacial score (nSPS) is 12.8. The smallest absolute Gasteiger partial charge is 0.266 e. The van der Waals surface area contributed by atoms with Gasteiger partial charge >= 0.3 is 0 Å². The van der Waals surface area contributed by atoms with Crippen LogP contribution in [-0.4, -0.2) is 10.8 Å². The van der Waals surface area contributed by atoms with E-state index in [0.29, 0.717) is 9.20 Å². The molecule has 0 radical (unpaired) electrons. The Balaban J connectivity index is 2.07. The van der Waals surface area contributed by atoms with Crippen molar-refractivity contribution < 1.29 is 9.21 Å². The van der Waals surface area contributed by atoms with Gasteiger partial charge in [0.25, 0.3) is 5.56 Å². The first kappa shape index (κ1) is 16.2. The summed E-state index contributed by atoms with van der Waals surface area (Å²) in [6, 6.07) is 7.43. The van der Waals surface area contributed by atoms with Crippen LogP contribution >= 0.6 is 11.3 Å². The largest absolute Gasteiger partial charge is 0.461 e. The summed E-state index contributed by atoms with van der Waals surface area (Å²) in [7, 11) is 0. The van der Waals surface area contributed by atoms with Crippen LogP contribution < -0.4 is 14.8 Å². The second-order valence-corrected chi connectivity index (χ2v) is 6.81. The van der Waals surface area contributed by atoms with Crippen LogP contribution in [0.4, 0.5) is 0 Å². The summed E-state index contributed by atoms with van der Waals surface area (Å²) in [5.41, 5.74) is 4.28. The molecule has 2 heterocycles. The number of aromatic amines is 1. The van der Waals surface area contributed by atoms with Gasteiger partial charge in [-0.2, -0.15) is 0 Å². The molecule has 0 fully saturated rings. The van der Waals surface area contributed by atoms with Crippen molar-refractivity contribution >= 4 is 29.3 Å². The lowest BCUT2D eigenvalue weighted by Gasteiger charge is -2.06. The Hall–Kier alpha value is -2.66. The van der Waals surface area contributed by atoms with Crippen LogP contribution in [0.1, 0.15) is 32.8 Å². The number of thiazole rings is 1. The van der Waals surface area contributed by atoms with E-state index >= 15 is 0 Å². The van der Waals surface area contributed by atoms with Crippen molar-refractivity contribution in [3.8, 4) is 0 Å². The fourth-order valence-electron chi connectivity index (χ4n) is 2.68. The minimum atomic E-state index is -0.272. The van der Waals surface area contributed by atoms with Crippen molar-refractivity contribution in [1.82, 2.24) is 4.98 Å². The van der Waals surface area contributed by atoms with Crippen molar-refractivity contribution in [3.63, 3.8) is 0 Å². The molecule has 0 aliphatic rings. The first-order valence-electron chi connectivity index (χ1n) is 7.52. The van der Waals surface area contributed by atoms with Crippen LogP contribution in [0.15, 0.2) is 39.7 Å². The van der Waals surface area contributed by atoms with Crippen molar-refractivity contribution in [1.29, 1.82) is 0 Å². The summed E-state index contributed by atoms with van der Waals surface area (Å²) in [6.07, 6.45) is 4.71. The molecule has 0 amide bonds. The summed E-state index contributed by atoms with van der Waals surface area (Å²) >= 11 is 1.26. The molecule has 4 nitrogen and oxygen atoms in total. The maximum Gasteiger partial charge on any atom is 0.266 e. The molecule has 0 spiro atoms. The number of carbonyl (C=O) groups is 1. The van der Waals surface area contributed by atoms with Gasteiger partial charge in [0, 0.05) is 6.08 Å². The van der Waals surface area contributed by atoms with E-state index in [2.05, 4.69) is 24.0 Å². The summed E-state index contributed by atoms with van der Waals surface area (Å²) in [5.74, 6) is -0.0215. The maximum absolute atomic E-state index is 12.2. The molecule has 0 saturated heterocycles. The minimum absolute atomic E-state index is 0.196. The lowest BCUT2D eigenvalue weighted by Crippen LogP contribution is -2.20. The van der Waals surface area contributed by atoms with Crippen LogP contribution in [-0.2, 0) is 0 Å². The molecule has 1 aromatic carbocycles. The third kappa shape index (κ3) is 3.31. The van der Waals surface area contributed by atoms with Crippen LogP contribution in [0.2, 0.25) is 0 Å². The standard InChI is InChI=1S/C19H17NO3S/c1-11-7-12(2)14(13(3)8-11)9-17-19(22)20-18(24-17)10-15(21)16-5-4-6-23-16/h4-10H,1-3H3,(H,20,22)/b17-9-,18-10-. The first-order valence-corrected chi connectivity index (χ1v) is 8.34. The molecule has 0 aliphatic heterocycles. The van der Waals surface area contributed by atoms with E-state index in [1.165, 1.54) is 29.2 Å². The van der Waals surface area contributed by atoms with Gasteiger partial charge in [-0.05, 0) is 55.7 Å². The molecule has 2 aromatic heterocycles. The molecule has 5 heteroatoms. The molecule has 0 aliphatic carbocycles. The number of carbonyl (C=O) groups excluding carboxylic acids is 1. The molecule has 24 heavy (non-hydrogen) atoms. The molecule has 0 atom stereocenters. The van der Waals surface area contributed by atoms with E-state index in [1.807, 2.05) is 19.9 Å². The third-order valence-electron chi connectivity index (χ3n) is 3.72. The zero-order valence-electron chi connectivity index (χ0n) is 13.7. The van der Waals surface area contributed by atoms with Crippen molar-refractivity contribution in [2.24, 2.45) is 0 Å². The third-order valence-corrected chi connectivity index (χ3v) is 4.68. The highest BCUT2D eigenvalue weighted by atomic mass is 32.1. The molecule has 0 bridgehead atoms. The minimum Gasteiger partial charge on any atom is -0.461 e.